The number of non-ortho nitro benzene ring substituents is 1. The van der Waals surface area contributed by atoms with Gasteiger partial charge in [-0.05, 0) is 19.4 Å². The molecule has 0 heterocycles. The number of halogens is 1. The van der Waals surface area contributed by atoms with Crippen LogP contribution in [0.5, 0.6) is 0 Å². The highest BCUT2D eigenvalue weighted by atomic mass is 35.5. The number of nitro benzene ring substituents is 1. The number of hydrogen-bond acceptors (Lipinski definition) is 5. The van der Waals surface area contributed by atoms with Crippen molar-refractivity contribution in [3.63, 3.8) is 0 Å². The van der Waals surface area contributed by atoms with Crippen LogP contribution < -0.4 is 0 Å². The Morgan fingerprint density at radius 1 is 1.37 bits per heavy atom. The van der Waals surface area contributed by atoms with Gasteiger partial charge in [-0.3, -0.25) is 14.7 Å². The van der Waals surface area contributed by atoms with Crippen LogP contribution >= 0.6 is 19.2 Å². The van der Waals surface area contributed by atoms with E-state index >= 15 is 0 Å². The molecule has 0 spiro atoms. The highest BCUT2D eigenvalue weighted by molar-refractivity contribution is 7.56. The summed E-state index contributed by atoms with van der Waals surface area (Å²) in [7, 11) is -3.54. The maximum Gasteiger partial charge on any atom is 0.352 e. The van der Waals surface area contributed by atoms with E-state index in [4.69, 9.17) is 20.6 Å². The summed E-state index contributed by atoms with van der Waals surface area (Å²) in [6.45, 7) is 3.69. The van der Waals surface area contributed by atoms with Crippen molar-refractivity contribution in [2.75, 3.05) is 13.2 Å². The number of alkyl halides is 1. The molecule has 0 aliphatic carbocycles. The predicted molar refractivity (Wildman–Crippen MR) is 72.5 cm³/mol. The number of rotatable bonds is 7. The van der Waals surface area contributed by atoms with Gasteiger partial charge in [-0.1, -0.05) is 12.1 Å². The van der Waals surface area contributed by atoms with Crippen LogP contribution in [-0.4, -0.2) is 18.1 Å². The van der Waals surface area contributed by atoms with E-state index in [0.29, 0.717) is 5.56 Å². The Morgan fingerprint density at radius 3 is 2.42 bits per heavy atom. The van der Waals surface area contributed by atoms with Gasteiger partial charge in [0, 0.05) is 12.1 Å². The van der Waals surface area contributed by atoms with E-state index in [0.717, 1.165) is 0 Å². The topological polar surface area (TPSA) is 78.7 Å². The lowest BCUT2D eigenvalue weighted by molar-refractivity contribution is -0.384. The van der Waals surface area contributed by atoms with Gasteiger partial charge in [-0.2, -0.15) is 0 Å². The predicted octanol–water partition coefficient (Wildman–Crippen LogP) is 4.10. The van der Waals surface area contributed by atoms with Crippen molar-refractivity contribution in [3.05, 3.63) is 39.9 Å². The highest BCUT2D eigenvalue weighted by Gasteiger charge is 2.35. The maximum atomic E-state index is 12.4. The minimum absolute atomic E-state index is 0.123. The first kappa shape index (κ1) is 16.1. The van der Waals surface area contributed by atoms with E-state index in [2.05, 4.69) is 0 Å². The molecule has 1 atom stereocenters. The number of benzene rings is 1. The van der Waals surface area contributed by atoms with Crippen LogP contribution in [0.4, 0.5) is 5.69 Å². The second kappa shape index (κ2) is 7.01. The molecule has 8 heteroatoms. The van der Waals surface area contributed by atoms with Crippen molar-refractivity contribution < 1.29 is 18.5 Å². The van der Waals surface area contributed by atoms with Crippen LogP contribution in [0, 0.1) is 10.1 Å². The fraction of sp³-hybridized carbons (Fsp3) is 0.455. The molecule has 19 heavy (non-hydrogen) atoms. The zero-order chi connectivity index (χ0) is 14.5. The summed E-state index contributed by atoms with van der Waals surface area (Å²) < 4.78 is 22.7. The Labute approximate surface area is 116 Å². The Hall–Kier alpha value is -0.940. The van der Waals surface area contributed by atoms with Gasteiger partial charge in [0.25, 0.3) is 5.69 Å². The van der Waals surface area contributed by atoms with Crippen molar-refractivity contribution in [1.82, 2.24) is 0 Å². The summed E-state index contributed by atoms with van der Waals surface area (Å²) in [6.07, 6.45) is 0. The molecule has 6 nitrogen and oxygen atoms in total. The molecule has 0 saturated carbocycles. The number of nitrogens with zero attached hydrogens (tertiary/aromatic N) is 1. The van der Waals surface area contributed by atoms with E-state index in [1.807, 2.05) is 0 Å². The average molecular weight is 308 g/mol. The standard InChI is InChI=1S/C11H15ClNO5P/c1-3-17-19(16,18-4-2)11(12)9-6-5-7-10(8-9)13(14)15/h5-8,11H,3-4H2,1-2H3. The summed E-state index contributed by atoms with van der Waals surface area (Å²) in [4.78, 5) is 10.2. The minimum atomic E-state index is -3.54. The smallest absolute Gasteiger partial charge is 0.308 e. The SMILES string of the molecule is CCOP(=O)(OCC)C(Cl)c1cccc([N+](=O)[O-])c1. The molecule has 1 aromatic rings. The van der Waals surface area contributed by atoms with E-state index in [9.17, 15) is 14.7 Å². The van der Waals surface area contributed by atoms with Gasteiger partial charge in [0.05, 0.1) is 18.1 Å². The molecule has 1 unspecified atom stereocenters. The molecular formula is C11H15ClNO5P. The van der Waals surface area contributed by atoms with E-state index < -0.39 is 17.6 Å². The first-order chi connectivity index (χ1) is 8.94. The Balaban J connectivity index is 3.09. The summed E-state index contributed by atoms with van der Waals surface area (Å²) >= 11 is 6.11. The molecule has 0 saturated heterocycles. The lowest BCUT2D eigenvalue weighted by Crippen LogP contribution is -2.02. The van der Waals surface area contributed by atoms with Crippen LogP contribution in [0.2, 0.25) is 0 Å². The molecule has 0 fully saturated rings. The Bertz CT molecular complexity index is 486. The summed E-state index contributed by atoms with van der Waals surface area (Å²) in [5, 5.41) is 9.63. The van der Waals surface area contributed by atoms with Gasteiger partial charge in [0.2, 0.25) is 0 Å². The van der Waals surface area contributed by atoms with Crippen LogP contribution in [0.3, 0.4) is 0 Å². The third kappa shape index (κ3) is 4.01. The fourth-order valence-electron chi connectivity index (χ4n) is 1.50. The molecule has 1 aromatic carbocycles. The van der Waals surface area contributed by atoms with Crippen molar-refractivity contribution >= 4 is 24.9 Å². The number of nitro groups is 1. The van der Waals surface area contributed by atoms with Crippen LogP contribution in [0.1, 0.15) is 24.5 Å². The van der Waals surface area contributed by atoms with E-state index in [1.165, 1.54) is 18.2 Å². The second-order valence-corrected chi connectivity index (χ2v) is 6.42. The molecular weight excluding hydrogens is 293 g/mol. The van der Waals surface area contributed by atoms with Crippen LogP contribution in [-0.2, 0) is 13.6 Å². The zero-order valence-corrected chi connectivity index (χ0v) is 12.3. The van der Waals surface area contributed by atoms with Gasteiger partial charge < -0.3 is 9.05 Å². The normalized spacial score (nSPS) is 13.2. The molecule has 0 bridgehead atoms. The molecule has 0 aliphatic rings. The largest absolute Gasteiger partial charge is 0.352 e. The summed E-state index contributed by atoms with van der Waals surface area (Å²) in [5.41, 5.74) is 0.212. The maximum absolute atomic E-state index is 12.4. The monoisotopic (exact) mass is 307 g/mol. The van der Waals surface area contributed by atoms with Gasteiger partial charge in [-0.25, -0.2) is 0 Å². The molecule has 106 valence electrons. The fourth-order valence-corrected chi connectivity index (χ4v) is 3.55. The third-order valence-electron chi connectivity index (χ3n) is 2.25. The van der Waals surface area contributed by atoms with Crippen LogP contribution in [0.15, 0.2) is 24.3 Å². The molecule has 1 rings (SSSR count). The first-order valence-electron chi connectivity index (χ1n) is 5.71. The number of hydrogen-bond donors (Lipinski definition) is 0. The molecule has 0 aliphatic heterocycles. The molecule has 0 N–H and O–H groups in total. The van der Waals surface area contributed by atoms with Gasteiger partial charge in [0.1, 0.15) is 0 Å². The van der Waals surface area contributed by atoms with Crippen molar-refractivity contribution in [1.29, 1.82) is 0 Å². The highest BCUT2D eigenvalue weighted by Crippen LogP contribution is 2.63. The molecule has 0 amide bonds. The second-order valence-electron chi connectivity index (χ2n) is 3.56. The lowest BCUT2D eigenvalue weighted by atomic mass is 10.2. The Morgan fingerprint density at radius 2 is 1.95 bits per heavy atom. The summed E-state index contributed by atoms with van der Waals surface area (Å²) in [5.74, 6) is 0. The van der Waals surface area contributed by atoms with Crippen molar-refractivity contribution in [2.24, 2.45) is 0 Å². The van der Waals surface area contributed by atoms with Crippen molar-refractivity contribution in [2.45, 2.75) is 19.0 Å². The first-order valence-corrected chi connectivity index (χ1v) is 7.76. The van der Waals surface area contributed by atoms with Gasteiger partial charge >= 0.3 is 7.60 Å². The van der Waals surface area contributed by atoms with Gasteiger partial charge in [0.15, 0.2) is 5.12 Å². The summed E-state index contributed by atoms with van der Waals surface area (Å²) in [6, 6.07) is 5.63. The van der Waals surface area contributed by atoms with Crippen molar-refractivity contribution in [3.8, 4) is 0 Å². The van der Waals surface area contributed by atoms with E-state index in [-0.39, 0.29) is 18.9 Å². The minimum Gasteiger partial charge on any atom is -0.308 e. The third-order valence-corrected chi connectivity index (χ3v) is 5.31. The van der Waals surface area contributed by atoms with Crippen LogP contribution in [0.25, 0.3) is 0 Å². The lowest BCUT2D eigenvalue weighted by Gasteiger charge is -2.21. The molecule has 0 aromatic heterocycles. The average Bonchev–Trinajstić information content (AvgIpc) is 2.38. The quantitative estimate of drug-likeness (QED) is 0.328. The zero-order valence-electron chi connectivity index (χ0n) is 10.6. The van der Waals surface area contributed by atoms with Gasteiger partial charge in [-0.15, -0.1) is 11.6 Å². The molecule has 0 radical (unpaired) electrons. The Kier molecular flexibility index (Phi) is 5.94. The van der Waals surface area contributed by atoms with E-state index in [1.54, 1.807) is 19.9 Å².